The second-order valence-corrected chi connectivity index (χ2v) is 6.09. The smallest absolute Gasteiger partial charge is 0.174 e. The van der Waals surface area contributed by atoms with Crippen LogP contribution in [0.5, 0.6) is 0 Å². The fourth-order valence-electron chi connectivity index (χ4n) is 2.96. The van der Waals surface area contributed by atoms with Crippen LogP contribution in [-0.2, 0) is 6.54 Å². The lowest BCUT2D eigenvalue weighted by atomic mass is 10.1. The minimum atomic E-state index is 0.367. The highest BCUT2D eigenvalue weighted by atomic mass is 16.5. The van der Waals surface area contributed by atoms with Crippen LogP contribution in [0.15, 0.2) is 65.4 Å². The van der Waals surface area contributed by atoms with Crippen LogP contribution in [0.25, 0.3) is 27.9 Å². The number of fused-ring (bicyclic) bond motifs is 2. The van der Waals surface area contributed by atoms with Crippen molar-refractivity contribution in [2.24, 2.45) is 0 Å². The number of nitrogens with two attached hydrogens (primary N) is 1. The Bertz CT molecular complexity index is 1240. The van der Waals surface area contributed by atoms with Gasteiger partial charge < -0.3 is 15.6 Å². The van der Waals surface area contributed by atoms with E-state index >= 15 is 0 Å². The van der Waals surface area contributed by atoms with Crippen molar-refractivity contribution in [3.05, 3.63) is 66.6 Å². The van der Waals surface area contributed by atoms with E-state index in [1.807, 2.05) is 48.5 Å². The number of nitrogen functional groups attached to an aromatic ring is 1. The van der Waals surface area contributed by atoms with E-state index in [1.165, 1.54) is 0 Å². The molecule has 0 bridgehead atoms. The summed E-state index contributed by atoms with van der Waals surface area (Å²) >= 11 is 0. The third-order valence-electron chi connectivity index (χ3n) is 4.33. The first-order chi connectivity index (χ1) is 13.3. The molecule has 0 aliphatic rings. The van der Waals surface area contributed by atoms with E-state index in [-0.39, 0.29) is 0 Å². The van der Waals surface area contributed by atoms with Gasteiger partial charge in [-0.15, -0.1) is 5.10 Å². The quantitative estimate of drug-likeness (QED) is 0.509. The third-order valence-corrected chi connectivity index (χ3v) is 4.33. The largest absolute Gasteiger partial charge is 0.380 e. The zero-order chi connectivity index (χ0) is 18.2. The summed E-state index contributed by atoms with van der Waals surface area (Å²) in [5, 5.41) is 12.5. The first kappa shape index (κ1) is 15.3. The molecule has 0 amide bonds. The lowest BCUT2D eigenvalue weighted by molar-refractivity contribution is 0.460. The number of hydrogen-bond acceptors (Lipinski definition) is 7. The summed E-state index contributed by atoms with van der Waals surface area (Å²) in [4.78, 5) is 8.74. The highest BCUT2D eigenvalue weighted by Crippen LogP contribution is 2.28. The minimum absolute atomic E-state index is 0.367. The van der Waals surface area contributed by atoms with E-state index in [0.29, 0.717) is 17.9 Å². The molecule has 4 heterocycles. The van der Waals surface area contributed by atoms with Crippen molar-refractivity contribution in [2.75, 3.05) is 11.1 Å². The Morgan fingerprint density at radius 1 is 1.07 bits per heavy atom. The van der Waals surface area contributed by atoms with Crippen molar-refractivity contribution in [1.29, 1.82) is 0 Å². The van der Waals surface area contributed by atoms with Gasteiger partial charge in [-0.3, -0.25) is 4.98 Å². The lowest BCUT2D eigenvalue weighted by Crippen LogP contribution is -2.05. The molecule has 27 heavy (non-hydrogen) atoms. The molecule has 0 aliphatic heterocycles. The number of aromatic nitrogens is 5. The molecule has 1 aromatic carbocycles. The Morgan fingerprint density at radius 2 is 2.04 bits per heavy atom. The first-order valence-corrected chi connectivity index (χ1v) is 8.42. The number of rotatable bonds is 4. The van der Waals surface area contributed by atoms with Crippen molar-refractivity contribution in [3.8, 4) is 11.3 Å². The number of pyridine rings is 1. The fraction of sp³-hybridized carbons (Fsp3) is 0.0526. The predicted octanol–water partition coefficient (Wildman–Crippen LogP) is 3.13. The molecule has 8 heteroatoms. The Labute approximate surface area is 153 Å². The molecule has 0 aliphatic carbocycles. The average Bonchev–Trinajstić information content (AvgIpc) is 3.30. The zero-order valence-corrected chi connectivity index (χ0v) is 14.2. The van der Waals surface area contributed by atoms with Crippen molar-refractivity contribution < 1.29 is 4.52 Å². The van der Waals surface area contributed by atoms with Gasteiger partial charge in [-0.05, 0) is 42.5 Å². The van der Waals surface area contributed by atoms with Crippen molar-refractivity contribution in [2.45, 2.75) is 6.54 Å². The van der Waals surface area contributed by atoms with Crippen LogP contribution in [0.4, 0.5) is 11.6 Å². The highest BCUT2D eigenvalue weighted by molar-refractivity contribution is 5.90. The Kier molecular flexibility index (Phi) is 3.46. The van der Waals surface area contributed by atoms with Crippen LogP contribution in [-0.4, -0.2) is 24.7 Å². The molecule has 0 saturated carbocycles. The number of hydrogen-bond donors (Lipinski definition) is 2. The number of nitrogens with zero attached hydrogens (tertiary/aromatic N) is 5. The number of nitrogens with one attached hydrogen (secondary N) is 1. The second kappa shape index (κ2) is 6.10. The van der Waals surface area contributed by atoms with Gasteiger partial charge in [0.1, 0.15) is 5.82 Å². The van der Waals surface area contributed by atoms with Crippen LogP contribution in [0, 0.1) is 0 Å². The molecule has 4 aromatic heterocycles. The molecule has 0 fully saturated rings. The second-order valence-electron chi connectivity index (χ2n) is 6.09. The Morgan fingerprint density at radius 3 is 2.93 bits per heavy atom. The molecule has 0 unspecified atom stereocenters. The number of imidazole rings is 1. The molecule has 0 saturated heterocycles. The monoisotopic (exact) mass is 357 g/mol. The predicted molar refractivity (Wildman–Crippen MR) is 102 cm³/mol. The summed E-state index contributed by atoms with van der Waals surface area (Å²) in [7, 11) is 0. The molecule has 0 radical (unpaired) electrons. The summed E-state index contributed by atoms with van der Waals surface area (Å²) in [5.41, 5.74) is 10.0. The van der Waals surface area contributed by atoms with E-state index in [1.54, 1.807) is 16.9 Å². The normalized spacial score (nSPS) is 11.3. The summed E-state index contributed by atoms with van der Waals surface area (Å²) in [6.45, 7) is 0.590. The molecular weight excluding hydrogens is 342 g/mol. The average molecular weight is 357 g/mol. The lowest BCUT2D eigenvalue weighted by Gasteiger charge is -2.07. The summed E-state index contributed by atoms with van der Waals surface area (Å²) in [6.07, 6.45) is 3.56. The van der Waals surface area contributed by atoms with Gasteiger partial charge in [-0.1, -0.05) is 11.2 Å². The van der Waals surface area contributed by atoms with E-state index in [4.69, 9.17) is 10.3 Å². The first-order valence-electron chi connectivity index (χ1n) is 8.42. The molecule has 5 rings (SSSR count). The van der Waals surface area contributed by atoms with Crippen LogP contribution in [0.2, 0.25) is 0 Å². The molecular formula is C19H15N7O. The topological polar surface area (TPSA) is 107 Å². The van der Waals surface area contributed by atoms with Crippen molar-refractivity contribution in [3.63, 3.8) is 0 Å². The highest BCUT2D eigenvalue weighted by Gasteiger charge is 2.11. The van der Waals surface area contributed by atoms with Crippen LogP contribution in [0.3, 0.4) is 0 Å². The maximum Gasteiger partial charge on any atom is 0.174 e. The maximum absolute atomic E-state index is 5.87. The molecule has 132 valence electrons. The van der Waals surface area contributed by atoms with Gasteiger partial charge in [0.05, 0.1) is 29.5 Å². The Balaban J connectivity index is 1.51. The van der Waals surface area contributed by atoms with Gasteiger partial charge in [0.25, 0.3) is 0 Å². The maximum atomic E-state index is 5.87. The van der Waals surface area contributed by atoms with Crippen LogP contribution < -0.4 is 11.1 Å². The third kappa shape index (κ3) is 2.73. The van der Waals surface area contributed by atoms with E-state index in [0.717, 1.165) is 33.8 Å². The molecule has 8 nitrogen and oxygen atoms in total. The minimum Gasteiger partial charge on any atom is -0.380 e. The molecule has 0 atom stereocenters. The number of anilines is 2. The standard InChI is InChI=1S/C19H15N7O/c20-19-14-9-12(4-5-16(14)27-25-19)15-11-23-18-7-6-17(24-26(15)18)22-10-13-3-1-2-8-21-13/h1-9,11H,10H2,(H2,20,25)(H,22,24). The van der Waals surface area contributed by atoms with Crippen molar-refractivity contribution in [1.82, 2.24) is 24.7 Å². The van der Waals surface area contributed by atoms with Gasteiger partial charge in [0.15, 0.2) is 17.0 Å². The molecule has 3 N–H and O–H groups in total. The zero-order valence-electron chi connectivity index (χ0n) is 14.2. The summed E-state index contributed by atoms with van der Waals surface area (Å²) in [6, 6.07) is 15.3. The SMILES string of the molecule is Nc1noc2ccc(-c3cnc4ccc(NCc5ccccn5)nn34)cc12. The Hall–Kier alpha value is -3.94. The summed E-state index contributed by atoms with van der Waals surface area (Å²) < 4.78 is 6.97. The van der Waals surface area contributed by atoms with Crippen LogP contribution >= 0.6 is 0 Å². The number of benzene rings is 1. The van der Waals surface area contributed by atoms with E-state index in [9.17, 15) is 0 Å². The van der Waals surface area contributed by atoms with Gasteiger partial charge >= 0.3 is 0 Å². The molecule has 5 aromatic rings. The fourth-order valence-corrected chi connectivity index (χ4v) is 2.96. The van der Waals surface area contributed by atoms with Gasteiger partial charge in [-0.25, -0.2) is 9.50 Å². The van der Waals surface area contributed by atoms with E-state index < -0.39 is 0 Å². The van der Waals surface area contributed by atoms with Crippen molar-refractivity contribution >= 4 is 28.3 Å². The molecule has 0 spiro atoms. The van der Waals surface area contributed by atoms with Gasteiger partial charge in [0.2, 0.25) is 0 Å². The summed E-state index contributed by atoms with van der Waals surface area (Å²) in [5.74, 6) is 1.10. The van der Waals surface area contributed by atoms with Gasteiger partial charge in [0, 0.05) is 11.8 Å². The van der Waals surface area contributed by atoms with Gasteiger partial charge in [-0.2, -0.15) is 0 Å². The van der Waals surface area contributed by atoms with Crippen LogP contribution in [0.1, 0.15) is 5.69 Å². The van der Waals surface area contributed by atoms with E-state index in [2.05, 4.69) is 25.5 Å².